The van der Waals surface area contributed by atoms with Crippen LogP contribution in [0.4, 0.5) is 0 Å². The third-order valence-corrected chi connectivity index (χ3v) is 5.17. The Morgan fingerprint density at radius 1 is 1.03 bits per heavy atom. The minimum atomic E-state index is -0.368. The molecule has 0 aliphatic carbocycles. The molecule has 164 valence electrons. The summed E-state index contributed by atoms with van der Waals surface area (Å²) < 4.78 is 8.00. The van der Waals surface area contributed by atoms with Crippen LogP contribution in [0.1, 0.15) is 25.0 Å². The van der Waals surface area contributed by atoms with E-state index < -0.39 is 0 Å². The standard InChI is InChI=1S/C24H25N5O3/c1-3-17-5-9-19(10-6-17)21-13-22-24(31)28(26-16-29(22)27-21)15-23(30)25-14-18-7-11-20(12-8-18)32-4-2/h5-13,16H,3-4,14-15H2,1-2H3,(H,25,30). The average Bonchev–Trinajstić information content (AvgIpc) is 3.26. The number of nitrogens with zero attached hydrogens (tertiary/aromatic N) is 4. The summed E-state index contributed by atoms with van der Waals surface area (Å²) in [7, 11) is 0. The second kappa shape index (κ2) is 9.47. The zero-order valence-corrected chi connectivity index (χ0v) is 18.1. The maximum Gasteiger partial charge on any atom is 0.293 e. The zero-order chi connectivity index (χ0) is 22.5. The number of fused-ring (bicyclic) bond motifs is 1. The summed E-state index contributed by atoms with van der Waals surface area (Å²) in [5.41, 5.74) is 3.78. The third-order valence-electron chi connectivity index (χ3n) is 5.17. The van der Waals surface area contributed by atoms with E-state index in [1.807, 2.05) is 55.5 Å². The zero-order valence-electron chi connectivity index (χ0n) is 18.1. The predicted molar refractivity (Wildman–Crippen MR) is 122 cm³/mol. The lowest BCUT2D eigenvalue weighted by atomic mass is 10.1. The minimum absolute atomic E-state index is 0.169. The van der Waals surface area contributed by atoms with Crippen molar-refractivity contribution in [2.24, 2.45) is 0 Å². The summed E-state index contributed by atoms with van der Waals surface area (Å²) >= 11 is 0. The number of ether oxygens (including phenoxy) is 1. The van der Waals surface area contributed by atoms with E-state index in [1.54, 1.807) is 6.07 Å². The molecule has 0 aliphatic heterocycles. The number of aryl methyl sites for hydroxylation is 1. The first-order valence-corrected chi connectivity index (χ1v) is 10.6. The molecule has 1 amide bonds. The van der Waals surface area contributed by atoms with Crippen molar-refractivity contribution in [3.05, 3.63) is 82.4 Å². The van der Waals surface area contributed by atoms with Gasteiger partial charge >= 0.3 is 0 Å². The first kappa shape index (κ1) is 21.3. The van der Waals surface area contributed by atoms with Crippen LogP contribution >= 0.6 is 0 Å². The molecule has 0 fully saturated rings. The molecule has 0 radical (unpaired) electrons. The topological polar surface area (TPSA) is 90.5 Å². The van der Waals surface area contributed by atoms with Gasteiger partial charge in [-0.25, -0.2) is 9.20 Å². The molecule has 32 heavy (non-hydrogen) atoms. The van der Waals surface area contributed by atoms with Crippen LogP contribution in [0.2, 0.25) is 0 Å². The first-order chi connectivity index (χ1) is 15.6. The average molecular weight is 431 g/mol. The van der Waals surface area contributed by atoms with Crippen LogP contribution in [0.15, 0.2) is 65.7 Å². The monoisotopic (exact) mass is 431 g/mol. The number of hydrogen-bond acceptors (Lipinski definition) is 5. The number of hydrogen-bond donors (Lipinski definition) is 1. The fraction of sp³-hybridized carbons (Fsp3) is 0.250. The summed E-state index contributed by atoms with van der Waals surface area (Å²) in [6, 6.07) is 17.3. The fourth-order valence-corrected chi connectivity index (χ4v) is 3.37. The van der Waals surface area contributed by atoms with Crippen molar-refractivity contribution in [2.75, 3.05) is 6.61 Å². The van der Waals surface area contributed by atoms with Crippen LogP contribution in [0.5, 0.6) is 5.75 Å². The lowest BCUT2D eigenvalue weighted by Gasteiger charge is -2.08. The highest BCUT2D eigenvalue weighted by atomic mass is 16.5. The molecule has 4 rings (SSSR count). The summed E-state index contributed by atoms with van der Waals surface area (Å²) in [5.74, 6) is 0.487. The lowest BCUT2D eigenvalue weighted by molar-refractivity contribution is -0.122. The van der Waals surface area contributed by atoms with E-state index in [9.17, 15) is 9.59 Å². The highest BCUT2D eigenvalue weighted by Gasteiger charge is 2.12. The number of carbonyl (C=O) groups is 1. The maximum atomic E-state index is 12.8. The number of aromatic nitrogens is 4. The molecule has 0 bridgehead atoms. The summed E-state index contributed by atoms with van der Waals surface area (Å²) in [6.07, 6.45) is 2.40. The second-order valence-corrected chi connectivity index (χ2v) is 7.36. The SMILES string of the molecule is CCOc1ccc(CNC(=O)Cn2ncn3nc(-c4ccc(CC)cc4)cc3c2=O)cc1. The molecular weight excluding hydrogens is 406 g/mol. The Kier molecular flexibility index (Phi) is 6.30. The molecule has 2 aromatic heterocycles. The van der Waals surface area contributed by atoms with Gasteiger partial charge in [0.05, 0.1) is 12.3 Å². The van der Waals surface area contributed by atoms with Crippen LogP contribution in [-0.4, -0.2) is 31.9 Å². The molecular formula is C24H25N5O3. The van der Waals surface area contributed by atoms with Crippen molar-refractivity contribution in [1.82, 2.24) is 24.7 Å². The van der Waals surface area contributed by atoms with E-state index in [1.165, 1.54) is 16.4 Å². The Morgan fingerprint density at radius 3 is 2.44 bits per heavy atom. The number of benzene rings is 2. The van der Waals surface area contributed by atoms with Gasteiger partial charge in [-0.1, -0.05) is 43.3 Å². The van der Waals surface area contributed by atoms with E-state index in [0.717, 1.165) is 28.0 Å². The van der Waals surface area contributed by atoms with Gasteiger partial charge in [0.1, 0.15) is 24.1 Å². The first-order valence-electron chi connectivity index (χ1n) is 10.6. The van der Waals surface area contributed by atoms with Gasteiger partial charge in [-0.2, -0.15) is 10.2 Å². The van der Waals surface area contributed by atoms with Gasteiger partial charge in [-0.15, -0.1) is 0 Å². The molecule has 2 heterocycles. The van der Waals surface area contributed by atoms with Crippen molar-refractivity contribution < 1.29 is 9.53 Å². The normalized spacial score (nSPS) is 10.9. The van der Waals surface area contributed by atoms with Gasteiger partial charge in [-0.05, 0) is 42.7 Å². The van der Waals surface area contributed by atoms with Crippen LogP contribution < -0.4 is 15.6 Å². The predicted octanol–water partition coefficient (Wildman–Crippen LogP) is 2.84. The van der Waals surface area contributed by atoms with Crippen molar-refractivity contribution in [1.29, 1.82) is 0 Å². The number of rotatable bonds is 8. The lowest BCUT2D eigenvalue weighted by Crippen LogP contribution is -2.34. The van der Waals surface area contributed by atoms with E-state index in [4.69, 9.17) is 4.74 Å². The molecule has 0 spiro atoms. The summed E-state index contributed by atoms with van der Waals surface area (Å²) in [4.78, 5) is 25.2. The highest BCUT2D eigenvalue weighted by Crippen LogP contribution is 2.19. The molecule has 4 aromatic rings. The molecule has 1 N–H and O–H groups in total. The summed E-state index contributed by atoms with van der Waals surface area (Å²) in [6.45, 7) is 4.81. The molecule has 0 saturated carbocycles. The summed E-state index contributed by atoms with van der Waals surface area (Å²) in [5, 5.41) is 11.4. The van der Waals surface area contributed by atoms with Gasteiger partial charge in [0.25, 0.3) is 5.56 Å². The van der Waals surface area contributed by atoms with Gasteiger partial charge in [0.2, 0.25) is 5.91 Å². The van der Waals surface area contributed by atoms with Crippen LogP contribution in [0, 0.1) is 0 Å². The van der Waals surface area contributed by atoms with Gasteiger partial charge in [0.15, 0.2) is 0 Å². The van der Waals surface area contributed by atoms with Crippen LogP contribution in [0.3, 0.4) is 0 Å². The number of nitrogens with one attached hydrogen (secondary N) is 1. The van der Waals surface area contributed by atoms with Gasteiger partial charge in [0, 0.05) is 12.1 Å². The molecule has 2 aromatic carbocycles. The Balaban J connectivity index is 1.45. The van der Waals surface area contributed by atoms with Crippen LogP contribution in [-0.2, 0) is 24.3 Å². The Morgan fingerprint density at radius 2 is 1.75 bits per heavy atom. The number of carbonyl (C=O) groups excluding carboxylic acids is 1. The van der Waals surface area contributed by atoms with Crippen molar-refractivity contribution in [3.63, 3.8) is 0 Å². The molecule has 8 heteroatoms. The van der Waals surface area contributed by atoms with E-state index >= 15 is 0 Å². The largest absolute Gasteiger partial charge is 0.494 e. The third kappa shape index (κ3) is 4.69. The van der Waals surface area contributed by atoms with E-state index in [0.29, 0.717) is 24.4 Å². The van der Waals surface area contributed by atoms with E-state index in [-0.39, 0.29) is 18.0 Å². The molecule has 0 unspecified atom stereocenters. The minimum Gasteiger partial charge on any atom is -0.494 e. The quantitative estimate of drug-likeness (QED) is 0.463. The molecule has 0 aliphatic rings. The molecule has 0 atom stereocenters. The highest BCUT2D eigenvalue weighted by molar-refractivity contribution is 5.75. The molecule has 8 nitrogen and oxygen atoms in total. The second-order valence-electron chi connectivity index (χ2n) is 7.36. The maximum absolute atomic E-state index is 12.8. The van der Waals surface area contributed by atoms with Crippen molar-refractivity contribution in [2.45, 2.75) is 33.4 Å². The van der Waals surface area contributed by atoms with E-state index in [2.05, 4.69) is 22.4 Å². The van der Waals surface area contributed by atoms with Crippen molar-refractivity contribution in [3.8, 4) is 17.0 Å². The Hall–Kier alpha value is -3.94. The Bertz CT molecular complexity index is 1270. The van der Waals surface area contributed by atoms with Crippen molar-refractivity contribution >= 4 is 11.4 Å². The number of amides is 1. The molecule has 0 saturated heterocycles. The van der Waals surface area contributed by atoms with Crippen LogP contribution in [0.25, 0.3) is 16.8 Å². The van der Waals surface area contributed by atoms with Gasteiger partial charge < -0.3 is 10.1 Å². The van der Waals surface area contributed by atoms with Gasteiger partial charge in [-0.3, -0.25) is 9.59 Å². The smallest absolute Gasteiger partial charge is 0.293 e. The Labute approximate surface area is 185 Å². The fourth-order valence-electron chi connectivity index (χ4n) is 3.37.